The second kappa shape index (κ2) is 9.15. The lowest BCUT2D eigenvalue weighted by molar-refractivity contribution is 0.305. The first-order chi connectivity index (χ1) is 13.9. The highest BCUT2D eigenvalue weighted by atomic mass is 35.5. The zero-order valence-electron chi connectivity index (χ0n) is 15.0. The molecule has 29 heavy (non-hydrogen) atoms. The zero-order valence-corrected chi connectivity index (χ0v) is 17.4. The maximum absolute atomic E-state index is 12.8. The molecule has 0 fully saturated rings. The Morgan fingerprint density at radius 1 is 0.966 bits per heavy atom. The Morgan fingerprint density at radius 2 is 1.69 bits per heavy atom. The highest BCUT2D eigenvalue weighted by Crippen LogP contribution is 2.27. The molecule has 3 aromatic rings. The predicted octanol–water partition coefficient (Wildman–Crippen LogP) is 5.91. The van der Waals surface area contributed by atoms with Gasteiger partial charge < -0.3 is 4.74 Å². The molecule has 0 aliphatic heterocycles. The molecule has 0 saturated heterocycles. The Hall–Kier alpha value is -2.78. The fraction of sp³-hybridized carbons (Fsp3) is 0.0455. The molecule has 0 atom stereocenters. The van der Waals surface area contributed by atoms with Gasteiger partial charge in [-0.1, -0.05) is 53.5 Å². The highest BCUT2D eigenvalue weighted by molar-refractivity contribution is 7.95. The Labute approximate surface area is 179 Å². The van der Waals surface area contributed by atoms with E-state index in [2.05, 4.69) is 0 Å². The van der Waals surface area contributed by atoms with Gasteiger partial charge in [0, 0.05) is 15.6 Å². The second-order valence-corrected chi connectivity index (χ2v) is 8.83. The van der Waals surface area contributed by atoms with Gasteiger partial charge in [0.1, 0.15) is 23.3 Å². The molecule has 146 valence electrons. The summed E-state index contributed by atoms with van der Waals surface area (Å²) in [7, 11) is -3.99. The minimum absolute atomic E-state index is 0.00738. The minimum atomic E-state index is -3.99. The van der Waals surface area contributed by atoms with Crippen molar-refractivity contribution in [3.05, 3.63) is 98.9 Å². The summed E-state index contributed by atoms with van der Waals surface area (Å²) in [5, 5.41) is 10.5. The predicted molar refractivity (Wildman–Crippen MR) is 114 cm³/mol. The highest BCUT2D eigenvalue weighted by Gasteiger charge is 2.21. The molecular formula is C22H15Cl2NO3S. The molecule has 0 unspecified atom stereocenters. The van der Waals surface area contributed by atoms with Crippen molar-refractivity contribution < 1.29 is 13.2 Å². The maximum atomic E-state index is 12.8. The number of para-hydroxylation sites is 1. The molecular weight excluding hydrogens is 429 g/mol. The number of allylic oxidation sites excluding steroid dienone is 1. The van der Waals surface area contributed by atoms with Gasteiger partial charge in [0.15, 0.2) is 0 Å². The van der Waals surface area contributed by atoms with E-state index >= 15 is 0 Å². The van der Waals surface area contributed by atoms with Crippen molar-refractivity contribution in [2.24, 2.45) is 0 Å². The van der Waals surface area contributed by atoms with Crippen LogP contribution in [0.4, 0.5) is 0 Å². The number of benzene rings is 3. The van der Waals surface area contributed by atoms with Gasteiger partial charge in [0.2, 0.25) is 9.84 Å². The van der Waals surface area contributed by atoms with Crippen molar-refractivity contribution >= 4 is 39.1 Å². The molecule has 0 N–H and O–H groups in total. The quantitative estimate of drug-likeness (QED) is 0.444. The van der Waals surface area contributed by atoms with Crippen LogP contribution < -0.4 is 4.74 Å². The van der Waals surface area contributed by atoms with Crippen LogP contribution in [0.15, 0.2) is 82.6 Å². The zero-order chi connectivity index (χ0) is 20.9. The summed E-state index contributed by atoms with van der Waals surface area (Å²) in [6, 6.07) is 21.6. The topological polar surface area (TPSA) is 67.2 Å². The van der Waals surface area contributed by atoms with E-state index < -0.39 is 14.7 Å². The second-order valence-electron chi connectivity index (χ2n) is 6.03. The third kappa shape index (κ3) is 5.18. The average molecular weight is 444 g/mol. The van der Waals surface area contributed by atoms with E-state index in [1.807, 2.05) is 12.1 Å². The van der Waals surface area contributed by atoms with Crippen LogP contribution in [-0.2, 0) is 16.4 Å². The molecule has 0 saturated carbocycles. The number of ether oxygens (including phenoxy) is 1. The number of halogens is 2. The summed E-state index contributed by atoms with van der Waals surface area (Å²) in [5.74, 6) is 0.450. The maximum Gasteiger partial charge on any atom is 0.216 e. The number of nitriles is 1. The number of rotatable bonds is 6. The molecule has 0 amide bonds. The van der Waals surface area contributed by atoms with E-state index in [9.17, 15) is 13.7 Å². The first-order valence-electron chi connectivity index (χ1n) is 8.49. The Balaban J connectivity index is 1.92. The summed E-state index contributed by atoms with van der Waals surface area (Å²) in [6.45, 7) is 0.247. The monoisotopic (exact) mass is 443 g/mol. The van der Waals surface area contributed by atoms with Gasteiger partial charge in [-0.25, -0.2) is 8.42 Å². The van der Waals surface area contributed by atoms with Gasteiger partial charge >= 0.3 is 0 Å². The van der Waals surface area contributed by atoms with E-state index in [-0.39, 0.29) is 11.5 Å². The van der Waals surface area contributed by atoms with Crippen LogP contribution in [0.1, 0.15) is 11.1 Å². The van der Waals surface area contributed by atoms with Crippen LogP contribution in [0, 0.1) is 11.3 Å². The molecule has 0 aromatic heterocycles. The number of sulfone groups is 1. The molecule has 3 aromatic carbocycles. The van der Waals surface area contributed by atoms with Crippen LogP contribution in [0.25, 0.3) is 6.08 Å². The van der Waals surface area contributed by atoms with Gasteiger partial charge in [-0.15, -0.1) is 0 Å². The van der Waals surface area contributed by atoms with Crippen LogP contribution in [0.2, 0.25) is 10.0 Å². The SMILES string of the molecule is N#CC(=Cc1ccccc1OCc1cccc(Cl)c1)S(=O)(=O)c1ccc(Cl)cc1. The average Bonchev–Trinajstić information content (AvgIpc) is 2.71. The van der Waals surface area contributed by atoms with Gasteiger partial charge in [-0.05, 0) is 54.1 Å². The lowest BCUT2D eigenvalue weighted by Gasteiger charge is -2.10. The number of nitrogens with zero attached hydrogens (tertiary/aromatic N) is 1. The van der Waals surface area contributed by atoms with Crippen LogP contribution in [0.3, 0.4) is 0 Å². The molecule has 0 spiro atoms. The summed E-state index contributed by atoms with van der Waals surface area (Å²) in [6.07, 6.45) is 1.30. The minimum Gasteiger partial charge on any atom is -0.488 e. The summed E-state index contributed by atoms with van der Waals surface area (Å²) in [5.41, 5.74) is 1.34. The molecule has 7 heteroatoms. The van der Waals surface area contributed by atoms with E-state index in [4.69, 9.17) is 27.9 Å². The lowest BCUT2D eigenvalue weighted by atomic mass is 10.2. The number of hydrogen-bond donors (Lipinski definition) is 0. The lowest BCUT2D eigenvalue weighted by Crippen LogP contribution is -2.04. The Kier molecular flexibility index (Phi) is 6.60. The van der Waals surface area contributed by atoms with E-state index in [1.165, 1.54) is 30.3 Å². The van der Waals surface area contributed by atoms with Crippen molar-refractivity contribution in [2.45, 2.75) is 11.5 Å². The van der Waals surface area contributed by atoms with Gasteiger partial charge in [0.25, 0.3) is 0 Å². The molecule has 4 nitrogen and oxygen atoms in total. The van der Waals surface area contributed by atoms with Crippen molar-refractivity contribution in [2.75, 3.05) is 0 Å². The van der Waals surface area contributed by atoms with Crippen LogP contribution in [0.5, 0.6) is 5.75 Å². The normalized spacial score (nSPS) is 11.7. The molecule has 0 radical (unpaired) electrons. The fourth-order valence-corrected chi connectivity index (χ4v) is 4.06. The van der Waals surface area contributed by atoms with Crippen LogP contribution >= 0.6 is 23.2 Å². The smallest absolute Gasteiger partial charge is 0.216 e. The van der Waals surface area contributed by atoms with Crippen molar-refractivity contribution in [3.8, 4) is 11.8 Å². The third-order valence-corrected chi connectivity index (χ3v) is 6.18. The van der Waals surface area contributed by atoms with E-state index in [0.717, 1.165) is 5.56 Å². The summed E-state index contributed by atoms with van der Waals surface area (Å²) >= 11 is 11.8. The number of hydrogen-bond acceptors (Lipinski definition) is 4. The molecule has 0 heterocycles. The van der Waals surface area contributed by atoms with Crippen molar-refractivity contribution in [3.63, 3.8) is 0 Å². The van der Waals surface area contributed by atoms with E-state index in [1.54, 1.807) is 42.5 Å². The molecule has 0 aliphatic carbocycles. The van der Waals surface area contributed by atoms with Crippen molar-refractivity contribution in [1.29, 1.82) is 5.26 Å². The van der Waals surface area contributed by atoms with Crippen LogP contribution in [-0.4, -0.2) is 8.42 Å². The standard InChI is InChI=1S/C22H15Cl2NO3S/c23-18-8-10-20(11-9-18)29(26,27)21(14-25)13-17-5-1-2-7-22(17)28-15-16-4-3-6-19(24)12-16/h1-13H,15H2. The van der Waals surface area contributed by atoms with Gasteiger partial charge in [-0.3, -0.25) is 0 Å². The fourth-order valence-electron chi connectivity index (χ4n) is 2.57. The molecule has 0 aliphatic rings. The Morgan fingerprint density at radius 3 is 2.38 bits per heavy atom. The first-order valence-corrected chi connectivity index (χ1v) is 10.7. The summed E-state index contributed by atoms with van der Waals surface area (Å²) < 4.78 is 31.5. The third-order valence-electron chi connectivity index (χ3n) is 4.01. The molecule has 3 rings (SSSR count). The first kappa shape index (κ1) is 20.9. The Bertz CT molecular complexity index is 1200. The van der Waals surface area contributed by atoms with Crippen molar-refractivity contribution in [1.82, 2.24) is 0 Å². The largest absolute Gasteiger partial charge is 0.488 e. The van der Waals surface area contributed by atoms with Gasteiger partial charge in [0.05, 0.1) is 4.90 Å². The van der Waals surface area contributed by atoms with E-state index in [0.29, 0.717) is 21.4 Å². The summed E-state index contributed by atoms with van der Waals surface area (Å²) in [4.78, 5) is -0.398. The van der Waals surface area contributed by atoms with Gasteiger partial charge in [-0.2, -0.15) is 5.26 Å². The molecule has 0 bridgehead atoms.